The molecule has 1 atom stereocenters. The molecule has 1 aromatic rings. The van der Waals surface area contributed by atoms with Crippen LogP contribution in [0.15, 0.2) is 30.6 Å². The summed E-state index contributed by atoms with van der Waals surface area (Å²) in [6.07, 6.45) is 4.35. The van der Waals surface area contributed by atoms with Crippen LogP contribution in [0.4, 0.5) is 0 Å². The van der Waals surface area contributed by atoms with Crippen molar-refractivity contribution in [3.05, 3.63) is 41.2 Å². The van der Waals surface area contributed by atoms with Gasteiger partial charge in [-0.05, 0) is 31.5 Å². The molecule has 0 aromatic carbocycles. The molecule has 1 unspecified atom stereocenters. The van der Waals surface area contributed by atoms with Crippen molar-refractivity contribution in [3.63, 3.8) is 0 Å². The lowest BCUT2D eigenvalue weighted by Crippen LogP contribution is -2.21. The van der Waals surface area contributed by atoms with Crippen LogP contribution < -0.4 is 5.32 Å². The molecule has 1 N–H and O–H groups in total. The lowest BCUT2D eigenvalue weighted by atomic mass is 10.0. The largest absolute Gasteiger partial charge is 0.310 e. The summed E-state index contributed by atoms with van der Waals surface area (Å²) in [5, 5.41) is 4.11. The van der Waals surface area contributed by atoms with Gasteiger partial charge in [-0.2, -0.15) is 0 Å². The maximum absolute atomic E-state index is 6.11. The van der Waals surface area contributed by atoms with E-state index in [0.29, 0.717) is 5.02 Å². The minimum Gasteiger partial charge on any atom is -0.310 e. The molecule has 1 heterocycles. The third-order valence-electron chi connectivity index (χ3n) is 2.18. The lowest BCUT2D eigenvalue weighted by Gasteiger charge is -2.19. The van der Waals surface area contributed by atoms with E-state index < -0.39 is 0 Å². The van der Waals surface area contributed by atoms with Gasteiger partial charge in [0.15, 0.2) is 0 Å². The first kappa shape index (κ1) is 12.2. The number of hydrogen-bond acceptors (Lipinski definition) is 2. The Balaban J connectivity index is 2.88. The molecule has 0 fully saturated rings. The number of hydrogen-bond donors (Lipinski definition) is 1. The Labute approximate surface area is 96.4 Å². The smallest absolute Gasteiger partial charge is 0.0637 e. The van der Waals surface area contributed by atoms with Crippen molar-refractivity contribution in [2.24, 2.45) is 0 Å². The van der Waals surface area contributed by atoms with Gasteiger partial charge in [0.2, 0.25) is 0 Å². The zero-order valence-corrected chi connectivity index (χ0v) is 10.0. The first-order valence-corrected chi connectivity index (χ1v) is 5.50. The summed E-state index contributed by atoms with van der Waals surface area (Å²) in [6, 6.07) is 2.20. The number of rotatable bonds is 5. The standard InChI is InChI=1S/C12H17ClN2/c1-4-15-12(7-9(2)3)10-5-6-14-8-11(10)13/h5-6,8,12,15H,2,4,7H2,1,3H3. The molecule has 3 heteroatoms. The predicted octanol–water partition coefficient (Wildman–Crippen LogP) is 3.35. The van der Waals surface area contributed by atoms with E-state index in [4.69, 9.17) is 11.6 Å². The number of aromatic nitrogens is 1. The second kappa shape index (κ2) is 5.89. The third kappa shape index (κ3) is 3.65. The number of nitrogens with zero attached hydrogens (tertiary/aromatic N) is 1. The molecule has 0 aliphatic heterocycles. The number of pyridine rings is 1. The van der Waals surface area contributed by atoms with E-state index >= 15 is 0 Å². The minimum atomic E-state index is 0.239. The highest BCUT2D eigenvalue weighted by molar-refractivity contribution is 6.31. The third-order valence-corrected chi connectivity index (χ3v) is 2.50. The lowest BCUT2D eigenvalue weighted by molar-refractivity contribution is 0.548. The summed E-state index contributed by atoms with van der Waals surface area (Å²) < 4.78 is 0. The molecule has 0 aliphatic rings. The second-order valence-corrected chi connectivity index (χ2v) is 4.08. The molecule has 0 bridgehead atoms. The van der Waals surface area contributed by atoms with Gasteiger partial charge in [0.25, 0.3) is 0 Å². The summed E-state index contributed by atoms with van der Waals surface area (Å²) in [6.45, 7) is 8.96. The summed E-state index contributed by atoms with van der Waals surface area (Å²) in [7, 11) is 0. The molecule has 1 aromatic heterocycles. The Morgan fingerprint density at radius 3 is 2.93 bits per heavy atom. The molecule has 82 valence electrons. The van der Waals surface area contributed by atoms with Gasteiger partial charge in [-0.1, -0.05) is 24.1 Å². The van der Waals surface area contributed by atoms with Crippen molar-refractivity contribution in [2.75, 3.05) is 6.54 Å². The molecular formula is C12H17ClN2. The SMILES string of the molecule is C=C(C)CC(NCC)c1ccncc1Cl. The van der Waals surface area contributed by atoms with Crippen molar-refractivity contribution in [1.82, 2.24) is 10.3 Å². The van der Waals surface area contributed by atoms with Crippen molar-refractivity contribution in [3.8, 4) is 0 Å². The Kier molecular flexibility index (Phi) is 4.79. The van der Waals surface area contributed by atoms with E-state index in [-0.39, 0.29) is 6.04 Å². The predicted molar refractivity (Wildman–Crippen MR) is 65.1 cm³/mol. The molecule has 15 heavy (non-hydrogen) atoms. The zero-order valence-electron chi connectivity index (χ0n) is 9.26. The van der Waals surface area contributed by atoms with E-state index in [9.17, 15) is 0 Å². The molecule has 0 saturated carbocycles. The molecule has 0 radical (unpaired) electrons. The average Bonchev–Trinajstić information content (AvgIpc) is 2.17. The highest BCUT2D eigenvalue weighted by atomic mass is 35.5. The Morgan fingerprint density at radius 2 is 2.40 bits per heavy atom. The van der Waals surface area contributed by atoms with E-state index in [1.54, 1.807) is 12.4 Å². The molecular weight excluding hydrogens is 208 g/mol. The van der Waals surface area contributed by atoms with Crippen LogP contribution in [0.1, 0.15) is 31.9 Å². The minimum absolute atomic E-state index is 0.239. The van der Waals surface area contributed by atoms with Crippen LogP contribution in [0.5, 0.6) is 0 Å². The van der Waals surface area contributed by atoms with Gasteiger partial charge in [0, 0.05) is 18.4 Å². The quantitative estimate of drug-likeness (QED) is 0.776. The Bertz CT molecular complexity index is 336. The van der Waals surface area contributed by atoms with Gasteiger partial charge in [-0.25, -0.2) is 0 Å². The maximum Gasteiger partial charge on any atom is 0.0637 e. The van der Waals surface area contributed by atoms with Gasteiger partial charge >= 0.3 is 0 Å². The van der Waals surface area contributed by atoms with Crippen molar-refractivity contribution in [2.45, 2.75) is 26.3 Å². The monoisotopic (exact) mass is 224 g/mol. The summed E-state index contributed by atoms with van der Waals surface area (Å²) >= 11 is 6.11. The van der Waals surface area contributed by atoms with E-state index in [1.165, 1.54) is 0 Å². The molecule has 0 spiro atoms. The van der Waals surface area contributed by atoms with Crippen molar-refractivity contribution < 1.29 is 0 Å². The second-order valence-electron chi connectivity index (χ2n) is 3.67. The van der Waals surface area contributed by atoms with Crippen LogP contribution in [0.3, 0.4) is 0 Å². The maximum atomic E-state index is 6.11. The van der Waals surface area contributed by atoms with Gasteiger partial charge in [-0.3, -0.25) is 4.98 Å². The Morgan fingerprint density at radius 1 is 1.67 bits per heavy atom. The summed E-state index contributed by atoms with van der Waals surface area (Å²) in [5.41, 5.74) is 2.24. The highest BCUT2D eigenvalue weighted by Gasteiger charge is 2.13. The van der Waals surface area contributed by atoms with Crippen molar-refractivity contribution in [1.29, 1.82) is 0 Å². The number of halogens is 1. The van der Waals surface area contributed by atoms with Crippen LogP contribution in [0, 0.1) is 0 Å². The van der Waals surface area contributed by atoms with Crippen LogP contribution >= 0.6 is 11.6 Å². The topological polar surface area (TPSA) is 24.9 Å². The van der Waals surface area contributed by atoms with E-state index in [2.05, 4.69) is 23.8 Å². The van der Waals surface area contributed by atoms with Gasteiger partial charge in [-0.15, -0.1) is 6.58 Å². The molecule has 0 aliphatic carbocycles. The Hall–Kier alpha value is -0.860. The molecule has 0 amide bonds. The van der Waals surface area contributed by atoms with E-state index in [1.807, 2.05) is 13.0 Å². The normalized spacial score (nSPS) is 12.5. The van der Waals surface area contributed by atoms with Crippen LogP contribution in [-0.2, 0) is 0 Å². The van der Waals surface area contributed by atoms with Crippen molar-refractivity contribution >= 4 is 11.6 Å². The number of nitrogens with one attached hydrogen (secondary N) is 1. The van der Waals surface area contributed by atoms with Crippen LogP contribution in [0.25, 0.3) is 0 Å². The zero-order chi connectivity index (χ0) is 11.3. The van der Waals surface area contributed by atoms with Crippen LogP contribution in [-0.4, -0.2) is 11.5 Å². The molecule has 1 rings (SSSR count). The fourth-order valence-electron chi connectivity index (χ4n) is 1.56. The first-order chi connectivity index (χ1) is 7.15. The summed E-state index contributed by atoms with van der Waals surface area (Å²) in [5.74, 6) is 0. The highest BCUT2D eigenvalue weighted by Crippen LogP contribution is 2.26. The average molecular weight is 225 g/mol. The fraction of sp³-hybridized carbons (Fsp3) is 0.417. The van der Waals surface area contributed by atoms with Gasteiger partial charge < -0.3 is 5.32 Å². The first-order valence-electron chi connectivity index (χ1n) is 5.12. The molecule has 2 nitrogen and oxygen atoms in total. The van der Waals surface area contributed by atoms with Crippen LogP contribution in [0.2, 0.25) is 5.02 Å². The van der Waals surface area contributed by atoms with Gasteiger partial charge in [0.1, 0.15) is 0 Å². The van der Waals surface area contributed by atoms with Gasteiger partial charge in [0.05, 0.1) is 5.02 Å². The van der Waals surface area contributed by atoms with E-state index in [0.717, 1.165) is 24.1 Å². The summed E-state index contributed by atoms with van der Waals surface area (Å²) in [4.78, 5) is 3.98. The fourth-order valence-corrected chi connectivity index (χ4v) is 1.81. The molecule has 0 saturated heterocycles.